The molecule has 4 aromatic rings. The summed E-state index contributed by atoms with van der Waals surface area (Å²) in [6, 6.07) is 3.80. The van der Waals surface area contributed by atoms with Gasteiger partial charge in [0.05, 0.1) is 34.1 Å². The summed E-state index contributed by atoms with van der Waals surface area (Å²) < 4.78 is 2.20. The van der Waals surface area contributed by atoms with E-state index in [2.05, 4.69) is 50.3 Å². The highest BCUT2D eigenvalue weighted by atomic mass is 35.5. The van der Waals surface area contributed by atoms with E-state index in [1.54, 1.807) is 6.20 Å². The Kier molecular flexibility index (Phi) is 4.66. The summed E-state index contributed by atoms with van der Waals surface area (Å²) in [4.78, 5) is 34.5. The molecule has 4 aromatic heterocycles. The van der Waals surface area contributed by atoms with E-state index in [0.717, 1.165) is 52.9 Å². The van der Waals surface area contributed by atoms with Crippen LogP contribution >= 0.6 is 11.6 Å². The van der Waals surface area contributed by atoms with E-state index in [9.17, 15) is 4.79 Å². The molecule has 6 heterocycles. The van der Waals surface area contributed by atoms with Gasteiger partial charge in [0, 0.05) is 35.9 Å². The van der Waals surface area contributed by atoms with Crippen molar-refractivity contribution in [3.8, 4) is 11.3 Å². The van der Waals surface area contributed by atoms with Crippen LogP contribution < -0.4 is 5.73 Å². The Morgan fingerprint density at radius 3 is 2.85 bits per heavy atom. The minimum Gasteiger partial charge on any atom is -0.383 e. The maximum atomic E-state index is 13.6. The maximum Gasteiger partial charge on any atom is 0.227 e. The van der Waals surface area contributed by atoms with Crippen LogP contribution in [0.15, 0.2) is 24.7 Å². The molecule has 6 rings (SSSR count). The Bertz CT molecular complexity index is 1450. The van der Waals surface area contributed by atoms with Gasteiger partial charge in [-0.2, -0.15) is 0 Å². The first-order valence-electron chi connectivity index (χ1n) is 11.5. The second-order valence-corrected chi connectivity index (χ2v) is 10.5. The third-order valence-electron chi connectivity index (χ3n) is 7.21. The van der Waals surface area contributed by atoms with Crippen molar-refractivity contribution in [2.75, 3.05) is 32.4 Å². The Hall–Kier alpha value is -3.17. The fourth-order valence-corrected chi connectivity index (χ4v) is 6.04. The molecule has 9 nitrogen and oxygen atoms in total. The topological polar surface area (TPSA) is 109 Å². The molecule has 0 aromatic carbocycles. The number of H-pyrrole nitrogens is 1. The molecule has 1 unspecified atom stereocenters. The molecule has 2 aliphatic heterocycles. The van der Waals surface area contributed by atoms with Crippen LogP contribution in [0.5, 0.6) is 0 Å². The third-order valence-corrected chi connectivity index (χ3v) is 7.60. The SMILES string of the molecule is CN1CCC(C(=O)N2Cc3c(-c4[nH]c5ncccc5c4Cl)c4c(N)ncnc4n3C(C)(C)C2)C1. The molecule has 1 atom stereocenters. The van der Waals surface area contributed by atoms with E-state index in [4.69, 9.17) is 17.3 Å². The van der Waals surface area contributed by atoms with Crippen molar-refractivity contribution < 1.29 is 4.79 Å². The monoisotopic (exact) mass is 478 g/mol. The molecule has 10 heteroatoms. The number of amides is 1. The minimum absolute atomic E-state index is 0.0194. The Morgan fingerprint density at radius 2 is 2.12 bits per heavy atom. The Balaban J connectivity index is 1.58. The number of anilines is 1. The number of pyridine rings is 1. The number of aromatic amines is 1. The van der Waals surface area contributed by atoms with Crippen LogP contribution in [0.4, 0.5) is 5.82 Å². The lowest BCUT2D eigenvalue weighted by Gasteiger charge is -2.41. The molecule has 0 aliphatic carbocycles. The Labute approximate surface area is 201 Å². The van der Waals surface area contributed by atoms with Gasteiger partial charge in [0.25, 0.3) is 0 Å². The number of halogens is 1. The zero-order valence-corrected chi connectivity index (χ0v) is 20.2. The van der Waals surface area contributed by atoms with Crippen molar-refractivity contribution >= 4 is 45.4 Å². The van der Waals surface area contributed by atoms with Crippen LogP contribution in [0, 0.1) is 5.92 Å². The summed E-state index contributed by atoms with van der Waals surface area (Å²) in [6.07, 6.45) is 4.11. The molecule has 1 amide bonds. The molecule has 34 heavy (non-hydrogen) atoms. The first-order valence-corrected chi connectivity index (χ1v) is 11.9. The van der Waals surface area contributed by atoms with Crippen LogP contribution in [0.25, 0.3) is 33.3 Å². The lowest BCUT2D eigenvalue weighted by atomic mass is 9.97. The molecule has 0 radical (unpaired) electrons. The number of nitrogens with zero attached hydrogens (tertiary/aromatic N) is 6. The second kappa shape index (κ2) is 7.41. The smallest absolute Gasteiger partial charge is 0.227 e. The van der Waals surface area contributed by atoms with E-state index in [-0.39, 0.29) is 11.8 Å². The maximum absolute atomic E-state index is 13.6. The van der Waals surface area contributed by atoms with Gasteiger partial charge in [-0.05, 0) is 46.0 Å². The van der Waals surface area contributed by atoms with Crippen molar-refractivity contribution in [3.63, 3.8) is 0 Å². The predicted octanol–water partition coefficient (Wildman–Crippen LogP) is 3.24. The van der Waals surface area contributed by atoms with Gasteiger partial charge in [0.15, 0.2) is 0 Å². The largest absolute Gasteiger partial charge is 0.383 e. The van der Waals surface area contributed by atoms with Gasteiger partial charge in [-0.25, -0.2) is 15.0 Å². The summed E-state index contributed by atoms with van der Waals surface area (Å²) in [5, 5.41) is 2.15. The number of carbonyl (C=O) groups excluding carboxylic acids is 1. The highest BCUT2D eigenvalue weighted by Gasteiger charge is 2.41. The molecule has 1 saturated heterocycles. The zero-order chi connectivity index (χ0) is 23.8. The van der Waals surface area contributed by atoms with Crippen molar-refractivity contribution in [2.24, 2.45) is 5.92 Å². The van der Waals surface area contributed by atoms with E-state index in [1.165, 1.54) is 6.33 Å². The number of rotatable bonds is 2. The summed E-state index contributed by atoms with van der Waals surface area (Å²) in [6.45, 7) is 7.05. The van der Waals surface area contributed by atoms with E-state index in [1.807, 2.05) is 17.0 Å². The number of likely N-dealkylation sites (tertiary alicyclic amines) is 1. The average Bonchev–Trinajstić information content (AvgIpc) is 3.47. The summed E-state index contributed by atoms with van der Waals surface area (Å²) in [5.41, 5.74) is 9.98. The van der Waals surface area contributed by atoms with Gasteiger partial charge < -0.3 is 25.1 Å². The fraction of sp³-hybridized carbons (Fsp3) is 0.417. The van der Waals surface area contributed by atoms with Gasteiger partial charge in [-0.3, -0.25) is 4.79 Å². The van der Waals surface area contributed by atoms with Gasteiger partial charge in [-0.1, -0.05) is 11.6 Å². The van der Waals surface area contributed by atoms with Crippen LogP contribution in [0.1, 0.15) is 26.0 Å². The normalized spacial score (nSPS) is 20.4. The van der Waals surface area contributed by atoms with Crippen LogP contribution in [-0.4, -0.2) is 66.9 Å². The number of hydrogen-bond acceptors (Lipinski definition) is 6. The van der Waals surface area contributed by atoms with E-state index < -0.39 is 5.54 Å². The first kappa shape index (κ1) is 21.4. The summed E-state index contributed by atoms with van der Waals surface area (Å²) in [5.74, 6) is 0.602. The molecule has 1 fully saturated rings. The second-order valence-electron chi connectivity index (χ2n) is 10.1. The number of carbonyl (C=O) groups is 1. The number of nitrogens with two attached hydrogens (primary N) is 1. The minimum atomic E-state index is -0.401. The van der Waals surface area contributed by atoms with Gasteiger partial charge in [0.1, 0.15) is 23.4 Å². The summed E-state index contributed by atoms with van der Waals surface area (Å²) in [7, 11) is 2.07. The highest BCUT2D eigenvalue weighted by molar-refractivity contribution is 6.38. The first-order chi connectivity index (χ1) is 16.3. The average molecular weight is 479 g/mol. The standard InChI is InChI=1S/C24H27ClN8O/c1-24(2)11-32(23(34)13-6-8-31(3)9-13)10-15-16(17-20(26)28-12-29-22(17)33(15)24)19-18(25)14-5-4-7-27-21(14)30-19/h4-5,7,12-13H,6,8-11H2,1-3H3,(H,27,30)(H2,26,28,29). The van der Waals surface area contributed by atoms with Crippen molar-refractivity contribution in [3.05, 3.63) is 35.4 Å². The molecular weight excluding hydrogens is 452 g/mol. The number of fused-ring (bicyclic) bond motifs is 4. The van der Waals surface area contributed by atoms with Gasteiger partial charge in [0.2, 0.25) is 5.91 Å². The van der Waals surface area contributed by atoms with E-state index in [0.29, 0.717) is 29.6 Å². The molecule has 176 valence electrons. The lowest BCUT2D eigenvalue weighted by molar-refractivity contribution is -0.138. The van der Waals surface area contributed by atoms with Gasteiger partial charge in [-0.15, -0.1) is 0 Å². The molecule has 0 saturated carbocycles. The highest BCUT2D eigenvalue weighted by Crippen LogP contribution is 2.46. The van der Waals surface area contributed by atoms with Crippen molar-refractivity contribution in [1.29, 1.82) is 0 Å². The predicted molar refractivity (Wildman–Crippen MR) is 132 cm³/mol. The van der Waals surface area contributed by atoms with Crippen LogP contribution in [0.3, 0.4) is 0 Å². The quantitative estimate of drug-likeness (QED) is 0.457. The molecule has 0 spiro atoms. The Morgan fingerprint density at radius 1 is 1.29 bits per heavy atom. The lowest BCUT2D eigenvalue weighted by Crippen LogP contribution is -2.50. The van der Waals surface area contributed by atoms with Crippen LogP contribution in [-0.2, 0) is 16.9 Å². The number of aromatic nitrogens is 5. The molecule has 3 N–H and O–H groups in total. The number of nitrogen functional groups attached to an aromatic ring is 1. The van der Waals surface area contributed by atoms with Crippen molar-refractivity contribution in [2.45, 2.75) is 32.4 Å². The van der Waals surface area contributed by atoms with Crippen LogP contribution in [0.2, 0.25) is 5.02 Å². The fourth-order valence-electron chi connectivity index (χ4n) is 5.74. The number of nitrogens with one attached hydrogen (secondary N) is 1. The third kappa shape index (κ3) is 3.03. The van der Waals surface area contributed by atoms with Gasteiger partial charge >= 0.3 is 0 Å². The molecule has 2 aliphatic rings. The number of hydrogen-bond donors (Lipinski definition) is 2. The zero-order valence-electron chi connectivity index (χ0n) is 19.5. The molecule has 0 bridgehead atoms. The molecular formula is C24H27ClN8O. The van der Waals surface area contributed by atoms with E-state index >= 15 is 0 Å². The summed E-state index contributed by atoms with van der Waals surface area (Å²) >= 11 is 6.89. The van der Waals surface area contributed by atoms with Crippen molar-refractivity contribution in [1.82, 2.24) is 34.3 Å².